The fraction of sp³-hybridized carbons (Fsp3) is 1.00. The molecule has 0 bridgehead atoms. The maximum absolute atomic E-state index is 11.6. The highest BCUT2D eigenvalue weighted by atomic mass is 32.2. The maximum Gasteiger partial charge on any atom is 0.216 e. The summed E-state index contributed by atoms with van der Waals surface area (Å²) < 4.78 is 30.0. The van der Waals surface area contributed by atoms with Gasteiger partial charge in [0.05, 0.1) is 5.75 Å². The van der Waals surface area contributed by atoms with E-state index in [0.29, 0.717) is 19.6 Å². The van der Waals surface area contributed by atoms with Crippen LogP contribution in [0.5, 0.6) is 0 Å². The molecule has 1 aliphatic rings. The summed E-state index contributed by atoms with van der Waals surface area (Å²) in [5.74, 6) is 0.223. The monoisotopic (exact) mass is 207 g/mol. The molecule has 0 aromatic rings. The molecule has 0 amide bonds. The third kappa shape index (κ3) is 2.65. The number of hydrogen-bond donors (Lipinski definition) is 0. The van der Waals surface area contributed by atoms with Crippen LogP contribution >= 0.6 is 0 Å². The van der Waals surface area contributed by atoms with Crippen molar-refractivity contribution in [2.45, 2.75) is 32.9 Å². The molecule has 1 heterocycles. The van der Waals surface area contributed by atoms with Crippen molar-refractivity contribution in [3.63, 3.8) is 0 Å². The Bertz CT molecular complexity index is 250. The van der Waals surface area contributed by atoms with Gasteiger partial charge in [0, 0.05) is 13.2 Å². The predicted molar refractivity (Wildman–Crippen MR) is 50.8 cm³/mol. The second kappa shape index (κ2) is 4.39. The molecular weight excluding hydrogens is 190 g/mol. The summed E-state index contributed by atoms with van der Waals surface area (Å²) in [5.41, 5.74) is 0. The van der Waals surface area contributed by atoms with Gasteiger partial charge in [-0.25, -0.2) is 8.42 Å². The van der Waals surface area contributed by atoms with Crippen molar-refractivity contribution in [1.82, 2.24) is 4.31 Å². The van der Waals surface area contributed by atoms with Crippen molar-refractivity contribution in [2.24, 2.45) is 0 Å². The minimum absolute atomic E-state index is 0.223. The highest BCUT2D eigenvalue weighted by Gasteiger charge is 2.29. The van der Waals surface area contributed by atoms with E-state index in [1.807, 2.05) is 6.92 Å². The van der Waals surface area contributed by atoms with Crippen molar-refractivity contribution in [3.8, 4) is 0 Å². The summed E-state index contributed by atoms with van der Waals surface area (Å²) in [5, 5.41) is 0. The van der Waals surface area contributed by atoms with Crippen LogP contribution in [-0.4, -0.2) is 37.9 Å². The number of ether oxygens (including phenoxy) is 1. The molecule has 5 heteroatoms. The number of sulfonamides is 1. The molecule has 0 aromatic heterocycles. The molecule has 4 nitrogen and oxygen atoms in total. The average Bonchev–Trinajstić information content (AvgIpc) is 2.04. The van der Waals surface area contributed by atoms with Gasteiger partial charge in [0.15, 0.2) is 0 Å². The van der Waals surface area contributed by atoms with E-state index >= 15 is 0 Å². The summed E-state index contributed by atoms with van der Waals surface area (Å²) >= 11 is 0. The molecule has 1 unspecified atom stereocenters. The lowest BCUT2D eigenvalue weighted by molar-refractivity contribution is -0.0410. The molecular formula is C8H17NO3S. The number of nitrogens with zero attached hydrogens (tertiary/aromatic N) is 1. The van der Waals surface area contributed by atoms with Crippen molar-refractivity contribution in [2.75, 3.05) is 18.9 Å². The lowest BCUT2D eigenvalue weighted by Crippen LogP contribution is -2.45. The van der Waals surface area contributed by atoms with E-state index in [1.165, 1.54) is 4.31 Å². The molecule has 13 heavy (non-hydrogen) atoms. The van der Waals surface area contributed by atoms with Gasteiger partial charge >= 0.3 is 0 Å². The number of hydrogen-bond acceptors (Lipinski definition) is 3. The topological polar surface area (TPSA) is 46.6 Å². The first-order chi connectivity index (χ1) is 6.08. The Kier molecular flexibility index (Phi) is 3.70. The first-order valence-electron chi connectivity index (χ1n) is 4.69. The highest BCUT2D eigenvalue weighted by Crippen LogP contribution is 2.15. The molecule has 0 spiro atoms. The molecule has 0 aromatic carbocycles. The Morgan fingerprint density at radius 1 is 1.54 bits per heavy atom. The van der Waals surface area contributed by atoms with Crippen molar-refractivity contribution in [3.05, 3.63) is 0 Å². The van der Waals surface area contributed by atoms with Crippen LogP contribution in [0.3, 0.4) is 0 Å². The number of rotatable bonds is 3. The molecule has 1 atom stereocenters. The molecule has 1 rings (SSSR count). The van der Waals surface area contributed by atoms with Gasteiger partial charge in [0.2, 0.25) is 10.0 Å². The summed E-state index contributed by atoms with van der Waals surface area (Å²) in [7, 11) is -3.07. The van der Waals surface area contributed by atoms with Crippen LogP contribution in [0, 0.1) is 0 Å². The van der Waals surface area contributed by atoms with Gasteiger partial charge in [-0.3, -0.25) is 0 Å². The Balaban J connectivity index is 2.68. The standard InChI is InChI=1S/C8H17NO3S/c1-3-7-13(10,11)9-5-4-6-12-8(9)2/h8H,3-7H2,1-2H3. The zero-order chi connectivity index (χ0) is 9.90. The van der Waals surface area contributed by atoms with Crippen LogP contribution in [-0.2, 0) is 14.8 Å². The Morgan fingerprint density at radius 3 is 2.77 bits per heavy atom. The molecule has 0 N–H and O–H groups in total. The van der Waals surface area contributed by atoms with Crippen molar-refractivity contribution < 1.29 is 13.2 Å². The molecule has 1 fully saturated rings. The molecule has 0 radical (unpaired) electrons. The van der Waals surface area contributed by atoms with Crippen LogP contribution in [0.15, 0.2) is 0 Å². The van der Waals surface area contributed by atoms with E-state index in [9.17, 15) is 8.42 Å². The molecule has 78 valence electrons. The Hall–Kier alpha value is -0.130. The van der Waals surface area contributed by atoms with E-state index in [0.717, 1.165) is 6.42 Å². The first-order valence-corrected chi connectivity index (χ1v) is 6.30. The summed E-state index contributed by atoms with van der Waals surface area (Å²) in [6.45, 7) is 4.92. The van der Waals surface area contributed by atoms with Gasteiger partial charge in [0.25, 0.3) is 0 Å². The van der Waals surface area contributed by atoms with Gasteiger partial charge in [-0.15, -0.1) is 0 Å². The Labute approximate surface area is 79.9 Å². The molecule has 1 saturated heterocycles. The third-order valence-corrected chi connectivity index (χ3v) is 4.23. The van der Waals surface area contributed by atoms with Gasteiger partial charge in [-0.1, -0.05) is 6.92 Å². The van der Waals surface area contributed by atoms with E-state index in [-0.39, 0.29) is 12.0 Å². The summed E-state index contributed by atoms with van der Waals surface area (Å²) in [6, 6.07) is 0. The lowest BCUT2D eigenvalue weighted by Gasteiger charge is -2.32. The van der Waals surface area contributed by atoms with Crippen molar-refractivity contribution >= 4 is 10.0 Å². The van der Waals surface area contributed by atoms with Crippen LogP contribution in [0.25, 0.3) is 0 Å². The molecule has 0 saturated carbocycles. The highest BCUT2D eigenvalue weighted by molar-refractivity contribution is 7.89. The summed E-state index contributed by atoms with van der Waals surface area (Å²) in [4.78, 5) is 0. The van der Waals surface area contributed by atoms with Crippen molar-refractivity contribution in [1.29, 1.82) is 0 Å². The Morgan fingerprint density at radius 2 is 2.23 bits per heavy atom. The second-order valence-electron chi connectivity index (χ2n) is 3.25. The maximum atomic E-state index is 11.6. The normalized spacial score (nSPS) is 26.2. The zero-order valence-electron chi connectivity index (χ0n) is 8.19. The van der Waals surface area contributed by atoms with Gasteiger partial charge in [-0.2, -0.15) is 4.31 Å². The van der Waals surface area contributed by atoms with Crippen LogP contribution in [0.1, 0.15) is 26.7 Å². The predicted octanol–water partition coefficient (Wildman–Crippen LogP) is 0.794. The first kappa shape index (κ1) is 10.9. The fourth-order valence-electron chi connectivity index (χ4n) is 1.48. The quantitative estimate of drug-likeness (QED) is 0.687. The van der Waals surface area contributed by atoms with Gasteiger partial charge < -0.3 is 4.74 Å². The molecule has 1 aliphatic heterocycles. The second-order valence-corrected chi connectivity index (χ2v) is 5.29. The van der Waals surface area contributed by atoms with E-state index in [1.54, 1.807) is 6.92 Å². The van der Waals surface area contributed by atoms with E-state index in [4.69, 9.17) is 4.74 Å². The minimum Gasteiger partial charge on any atom is -0.362 e. The van der Waals surface area contributed by atoms with Crippen LogP contribution < -0.4 is 0 Å². The smallest absolute Gasteiger partial charge is 0.216 e. The average molecular weight is 207 g/mol. The van der Waals surface area contributed by atoms with Gasteiger partial charge in [0.1, 0.15) is 6.23 Å². The van der Waals surface area contributed by atoms with Gasteiger partial charge in [-0.05, 0) is 19.8 Å². The lowest BCUT2D eigenvalue weighted by atomic mass is 10.4. The van der Waals surface area contributed by atoms with E-state index < -0.39 is 10.0 Å². The molecule has 0 aliphatic carbocycles. The van der Waals surface area contributed by atoms with Crippen LogP contribution in [0.2, 0.25) is 0 Å². The van der Waals surface area contributed by atoms with Crippen LogP contribution in [0.4, 0.5) is 0 Å². The third-order valence-electron chi connectivity index (χ3n) is 2.11. The SMILES string of the molecule is CCCS(=O)(=O)N1CCCOC1C. The largest absolute Gasteiger partial charge is 0.362 e. The zero-order valence-corrected chi connectivity index (χ0v) is 9.01. The summed E-state index contributed by atoms with van der Waals surface area (Å²) in [6.07, 6.45) is 1.17. The fourth-order valence-corrected chi connectivity index (χ4v) is 3.15. The van der Waals surface area contributed by atoms with E-state index in [2.05, 4.69) is 0 Å². The minimum atomic E-state index is -3.07.